The average molecular weight is 235 g/mol. The second-order valence-electron chi connectivity index (χ2n) is 4.87. The lowest BCUT2D eigenvalue weighted by molar-refractivity contribution is 0.0891. The van der Waals surface area contributed by atoms with Crippen molar-refractivity contribution in [2.75, 3.05) is 20.8 Å². The Morgan fingerprint density at radius 2 is 2.29 bits per heavy atom. The smallest absolute Gasteiger partial charge is 0.119 e. The predicted octanol–water partition coefficient (Wildman–Crippen LogP) is 2.35. The van der Waals surface area contributed by atoms with Gasteiger partial charge < -0.3 is 9.84 Å². The van der Waals surface area contributed by atoms with E-state index in [1.165, 1.54) is 5.56 Å². The molecule has 0 heterocycles. The van der Waals surface area contributed by atoms with Crippen LogP contribution in [0.15, 0.2) is 18.2 Å². The van der Waals surface area contributed by atoms with Crippen molar-refractivity contribution >= 4 is 0 Å². The van der Waals surface area contributed by atoms with Crippen LogP contribution in [-0.2, 0) is 11.2 Å². The van der Waals surface area contributed by atoms with Crippen molar-refractivity contribution in [3.05, 3.63) is 29.3 Å². The molecule has 0 fully saturated rings. The van der Waals surface area contributed by atoms with E-state index < -0.39 is 0 Å². The third kappa shape index (κ3) is 2.31. The van der Waals surface area contributed by atoms with Crippen molar-refractivity contribution in [1.29, 1.82) is 0 Å². The first kappa shape index (κ1) is 12.4. The van der Waals surface area contributed by atoms with Crippen LogP contribution in [0.5, 0.6) is 5.75 Å². The van der Waals surface area contributed by atoms with Crippen molar-refractivity contribution in [2.45, 2.75) is 31.8 Å². The number of phenols is 1. The highest BCUT2D eigenvalue weighted by molar-refractivity contribution is 5.44. The summed E-state index contributed by atoms with van der Waals surface area (Å²) in [6, 6.07) is 6.63. The summed E-state index contributed by atoms with van der Waals surface area (Å²) in [7, 11) is 3.87. The summed E-state index contributed by atoms with van der Waals surface area (Å²) < 4.78 is 5.20. The van der Waals surface area contributed by atoms with Crippen LogP contribution in [0.1, 0.15) is 30.5 Å². The molecule has 3 nitrogen and oxygen atoms in total. The quantitative estimate of drug-likeness (QED) is 0.869. The maximum atomic E-state index is 9.83. The van der Waals surface area contributed by atoms with Gasteiger partial charge in [0.1, 0.15) is 5.75 Å². The van der Waals surface area contributed by atoms with E-state index in [2.05, 4.69) is 24.9 Å². The Morgan fingerprint density at radius 1 is 1.53 bits per heavy atom. The highest BCUT2D eigenvalue weighted by atomic mass is 16.5. The third-order valence-electron chi connectivity index (χ3n) is 3.81. The number of nitrogens with zero attached hydrogens (tertiary/aromatic N) is 1. The van der Waals surface area contributed by atoms with Gasteiger partial charge in [-0.1, -0.05) is 12.1 Å². The largest absolute Gasteiger partial charge is 0.508 e. The van der Waals surface area contributed by atoms with Gasteiger partial charge in [0.05, 0.1) is 6.61 Å². The Morgan fingerprint density at radius 3 is 3.00 bits per heavy atom. The number of phenolic OH excluding ortho intramolecular Hbond substituents is 1. The third-order valence-corrected chi connectivity index (χ3v) is 3.81. The number of hydrogen-bond acceptors (Lipinski definition) is 3. The van der Waals surface area contributed by atoms with Crippen molar-refractivity contribution in [3.63, 3.8) is 0 Å². The van der Waals surface area contributed by atoms with Crippen LogP contribution in [0.2, 0.25) is 0 Å². The topological polar surface area (TPSA) is 32.7 Å². The lowest BCUT2D eigenvalue weighted by atomic mass is 10.1. The van der Waals surface area contributed by atoms with Crippen molar-refractivity contribution < 1.29 is 9.84 Å². The van der Waals surface area contributed by atoms with Crippen LogP contribution >= 0.6 is 0 Å². The summed E-state index contributed by atoms with van der Waals surface area (Å²) in [6.07, 6.45) is 2.05. The van der Waals surface area contributed by atoms with Crippen LogP contribution in [0.3, 0.4) is 0 Å². The van der Waals surface area contributed by atoms with Gasteiger partial charge in [0.25, 0.3) is 0 Å². The van der Waals surface area contributed by atoms with Gasteiger partial charge in [-0.3, -0.25) is 4.90 Å². The first-order valence-corrected chi connectivity index (χ1v) is 6.16. The molecule has 0 radical (unpaired) electrons. The predicted molar refractivity (Wildman–Crippen MR) is 68.3 cm³/mol. The Labute approximate surface area is 103 Å². The van der Waals surface area contributed by atoms with E-state index in [0.29, 0.717) is 17.8 Å². The molecule has 2 rings (SSSR count). The van der Waals surface area contributed by atoms with Crippen LogP contribution in [0, 0.1) is 0 Å². The summed E-state index contributed by atoms with van der Waals surface area (Å²) in [5.74, 6) is 0.442. The number of likely N-dealkylation sites (N-methyl/N-ethyl adjacent to an activating group) is 1. The number of methoxy groups -OCH3 is 1. The first-order valence-electron chi connectivity index (χ1n) is 6.16. The lowest BCUT2D eigenvalue weighted by Crippen LogP contribution is -2.35. The molecule has 17 heavy (non-hydrogen) atoms. The molecule has 94 valence electrons. The fourth-order valence-electron chi connectivity index (χ4n) is 2.70. The van der Waals surface area contributed by atoms with E-state index in [4.69, 9.17) is 4.74 Å². The van der Waals surface area contributed by atoms with Crippen LogP contribution < -0.4 is 0 Å². The van der Waals surface area contributed by atoms with Gasteiger partial charge >= 0.3 is 0 Å². The Bertz CT molecular complexity index is 392. The average Bonchev–Trinajstić information content (AvgIpc) is 2.73. The number of hydrogen-bond donors (Lipinski definition) is 1. The lowest BCUT2D eigenvalue weighted by Gasteiger charge is -2.30. The van der Waals surface area contributed by atoms with Crippen LogP contribution in [-0.4, -0.2) is 36.8 Å². The van der Waals surface area contributed by atoms with E-state index in [9.17, 15) is 5.11 Å². The maximum absolute atomic E-state index is 9.83. The van der Waals surface area contributed by atoms with Gasteiger partial charge in [0.2, 0.25) is 0 Å². The van der Waals surface area contributed by atoms with Gasteiger partial charge in [0, 0.05) is 19.2 Å². The zero-order valence-corrected chi connectivity index (χ0v) is 10.8. The summed E-state index contributed by atoms with van der Waals surface area (Å²) in [4.78, 5) is 2.34. The molecule has 1 aromatic carbocycles. The molecule has 0 saturated heterocycles. The van der Waals surface area contributed by atoms with Gasteiger partial charge in [-0.25, -0.2) is 0 Å². The molecule has 1 aliphatic carbocycles. The zero-order chi connectivity index (χ0) is 12.4. The molecule has 1 N–H and O–H groups in total. The van der Waals surface area contributed by atoms with Crippen LogP contribution in [0.4, 0.5) is 0 Å². The molecular weight excluding hydrogens is 214 g/mol. The number of aromatic hydroxyl groups is 1. The minimum absolute atomic E-state index is 0.387. The number of rotatable bonds is 4. The molecule has 0 amide bonds. The van der Waals surface area contributed by atoms with Gasteiger partial charge in [-0.05, 0) is 44.0 Å². The zero-order valence-electron chi connectivity index (χ0n) is 10.8. The fraction of sp³-hybridized carbons (Fsp3) is 0.571. The molecule has 0 spiro atoms. The van der Waals surface area contributed by atoms with Gasteiger partial charge in [0.15, 0.2) is 0 Å². The van der Waals surface area contributed by atoms with Crippen LogP contribution in [0.25, 0.3) is 0 Å². The van der Waals surface area contributed by atoms with Crippen molar-refractivity contribution in [3.8, 4) is 5.75 Å². The highest BCUT2D eigenvalue weighted by Crippen LogP contribution is 2.39. The van der Waals surface area contributed by atoms with E-state index >= 15 is 0 Å². The summed E-state index contributed by atoms with van der Waals surface area (Å²) >= 11 is 0. The highest BCUT2D eigenvalue weighted by Gasteiger charge is 2.29. The molecule has 0 aromatic heterocycles. The van der Waals surface area contributed by atoms with E-state index in [1.807, 2.05) is 6.07 Å². The Balaban J connectivity index is 2.19. The van der Waals surface area contributed by atoms with E-state index in [-0.39, 0.29) is 0 Å². The molecule has 0 saturated carbocycles. The second kappa shape index (κ2) is 5.07. The summed E-state index contributed by atoms with van der Waals surface area (Å²) in [5.41, 5.74) is 2.39. The van der Waals surface area contributed by atoms with E-state index in [0.717, 1.165) is 25.0 Å². The summed E-state index contributed by atoms with van der Waals surface area (Å²) in [6.45, 7) is 2.91. The minimum atomic E-state index is 0.387. The minimum Gasteiger partial charge on any atom is -0.508 e. The SMILES string of the molecule is COCC(C)N(C)C1CCc2c(O)cccc21. The standard InChI is InChI=1S/C14H21NO2/c1-10(9-17-3)15(2)13-8-7-12-11(13)5-4-6-14(12)16/h4-6,10,13,16H,7-9H2,1-3H3. The molecule has 1 aliphatic rings. The molecule has 1 aromatic rings. The molecule has 3 heteroatoms. The van der Waals surface area contributed by atoms with Crippen molar-refractivity contribution in [1.82, 2.24) is 4.90 Å². The molecule has 0 bridgehead atoms. The Kier molecular flexibility index (Phi) is 3.69. The summed E-state index contributed by atoms with van der Waals surface area (Å²) in [5, 5.41) is 9.83. The second-order valence-corrected chi connectivity index (χ2v) is 4.87. The number of benzene rings is 1. The van der Waals surface area contributed by atoms with E-state index in [1.54, 1.807) is 13.2 Å². The van der Waals surface area contributed by atoms with Gasteiger partial charge in [-0.2, -0.15) is 0 Å². The molecule has 2 atom stereocenters. The van der Waals surface area contributed by atoms with Gasteiger partial charge in [-0.15, -0.1) is 0 Å². The fourth-order valence-corrected chi connectivity index (χ4v) is 2.70. The first-order chi connectivity index (χ1) is 8.15. The molecule has 2 unspecified atom stereocenters. The maximum Gasteiger partial charge on any atom is 0.119 e. The molecular formula is C14H21NO2. The molecule has 0 aliphatic heterocycles. The normalized spacial score (nSPS) is 20.6. The van der Waals surface area contributed by atoms with Crippen molar-refractivity contribution in [2.24, 2.45) is 0 Å². The Hall–Kier alpha value is -1.06. The monoisotopic (exact) mass is 235 g/mol. The number of ether oxygens (including phenoxy) is 1. The number of fused-ring (bicyclic) bond motifs is 1.